The fourth-order valence-corrected chi connectivity index (χ4v) is 7.48. The van der Waals surface area contributed by atoms with Gasteiger partial charge in [0, 0.05) is 67.5 Å². The molecule has 12 nitrogen and oxygen atoms in total. The van der Waals surface area contributed by atoms with Crippen LogP contribution in [0.4, 0.5) is 17.5 Å². The Morgan fingerprint density at radius 1 is 1.14 bits per heavy atom. The van der Waals surface area contributed by atoms with Crippen molar-refractivity contribution in [2.75, 3.05) is 70.7 Å². The van der Waals surface area contributed by atoms with Gasteiger partial charge in [0.05, 0.1) is 12.0 Å². The number of aromatic amines is 1. The molecule has 224 valence electrons. The summed E-state index contributed by atoms with van der Waals surface area (Å²) < 4.78 is 31.6. The van der Waals surface area contributed by atoms with E-state index in [4.69, 9.17) is 14.7 Å². The summed E-state index contributed by atoms with van der Waals surface area (Å²) in [5.74, 6) is 2.26. The van der Waals surface area contributed by atoms with Crippen molar-refractivity contribution >= 4 is 50.4 Å². The molecule has 3 aromatic heterocycles. The molecule has 1 aromatic carbocycles. The Hall–Kier alpha value is -3.24. The molecule has 1 aliphatic rings. The van der Waals surface area contributed by atoms with E-state index in [0.29, 0.717) is 33.4 Å². The van der Waals surface area contributed by atoms with Crippen LogP contribution in [-0.2, 0) is 15.6 Å². The van der Waals surface area contributed by atoms with Gasteiger partial charge >= 0.3 is 0 Å². The Bertz CT molecular complexity index is 1570. The number of aryl methyl sites for hydroxylation is 1. The lowest BCUT2D eigenvalue weighted by molar-refractivity contribution is 0.228. The van der Waals surface area contributed by atoms with Gasteiger partial charge in [-0.25, -0.2) is 23.4 Å². The number of aromatic nitrogens is 5. The van der Waals surface area contributed by atoms with Gasteiger partial charge in [0.15, 0.2) is 32.4 Å². The van der Waals surface area contributed by atoms with Gasteiger partial charge in [-0.05, 0) is 57.0 Å². The molecule has 4 heterocycles. The number of hydrogen-bond acceptors (Lipinski definition) is 13. The molecule has 0 radical (unpaired) electrons. The predicted octanol–water partition coefficient (Wildman–Crippen LogP) is 3.53. The van der Waals surface area contributed by atoms with Gasteiger partial charge < -0.3 is 19.9 Å². The lowest BCUT2D eigenvalue weighted by atomic mass is 10.3. The van der Waals surface area contributed by atoms with E-state index in [-0.39, 0.29) is 10.6 Å². The van der Waals surface area contributed by atoms with E-state index < -0.39 is 9.84 Å². The maximum atomic E-state index is 12.9. The van der Waals surface area contributed by atoms with E-state index in [2.05, 4.69) is 49.3 Å². The molecular weight excluding hydrogens is 595 g/mol. The molecular formula is C27H35N9O3S3. The standard InChI is InChI=1S/C27H35N9O3S3/c1-19-17-22(33-32-19)29-25-24(39-4)26(36-14-12-35(13-15-36)11-10-34(2)3)31-27(30-25)41-20-5-7-21(8-6-20)42(37,38)18-23-28-9-16-40-23/h5-9,16-17H,10-15,18H2,1-4H3,(H2,29,30,31,32,33). The van der Waals surface area contributed by atoms with Crippen LogP contribution in [0.25, 0.3) is 0 Å². The first-order valence-electron chi connectivity index (χ1n) is 13.5. The number of piperazine rings is 1. The van der Waals surface area contributed by atoms with Gasteiger partial charge in [-0.3, -0.25) is 10.00 Å². The first-order valence-corrected chi connectivity index (χ1v) is 16.8. The molecule has 15 heteroatoms. The van der Waals surface area contributed by atoms with Crippen LogP contribution in [-0.4, -0.2) is 104 Å². The predicted molar refractivity (Wildman–Crippen MR) is 166 cm³/mol. The smallest absolute Gasteiger partial charge is 0.204 e. The van der Waals surface area contributed by atoms with E-state index in [9.17, 15) is 8.42 Å². The molecule has 0 saturated carbocycles. The number of thiazole rings is 1. The van der Waals surface area contributed by atoms with Crippen molar-refractivity contribution in [3.8, 4) is 5.75 Å². The average Bonchev–Trinajstić information content (AvgIpc) is 3.63. The van der Waals surface area contributed by atoms with Crippen molar-refractivity contribution in [3.63, 3.8) is 0 Å². The number of rotatable bonds is 12. The minimum Gasteiger partial charge on any atom is -0.490 e. The third-order valence-electron chi connectivity index (χ3n) is 6.71. The highest BCUT2D eigenvalue weighted by molar-refractivity contribution is 7.99. The minimum absolute atomic E-state index is 0.119. The first-order chi connectivity index (χ1) is 20.2. The number of nitrogens with one attached hydrogen (secondary N) is 2. The lowest BCUT2D eigenvalue weighted by Crippen LogP contribution is -2.48. The minimum atomic E-state index is -3.50. The van der Waals surface area contributed by atoms with Crippen LogP contribution in [0.1, 0.15) is 10.7 Å². The number of H-pyrrole nitrogens is 1. The van der Waals surface area contributed by atoms with Gasteiger partial charge in [-0.15, -0.1) is 11.3 Å². The summed E-state index contributed by atoms with van der Waals surface area (Å²) in [7, 11) is 2.30. The Morgan fingerprint density at radius 2 is 1.90 bits per heavy atom. The zero-order valence-electron chi connectivity index (χ0n) is 24.1. The van der Waals surface area contributed by atoms with Crippen LogP contribution in [0.3, 0.4) is 0 Å². The highest BCUT2D eigenvalue weighted by Crippen LogP contribution is 2.38. The van der Waals surface area contributed by atoms with E-state index in [1.165, 1.54) is 23.1 Å². The number of nitrogens with zero attached hydrogens (tertiary/aromatic N) is 7. The molecule has 4 aromatic rings. The summed E-state index contributed by atoms with van der Waals surface area (Å²) in [6.07, 6.45) is 1.61. The fourth-order valence-electron chi connectivity index (χ4n) is 4.47. The number of ether oxygens (including phenoxy) is 1. The number of likely N-dealkylation sites (N-methyl/N-ethyl adjacent to an activating group) is 1. The number of hydrogen-bond donors (Lipinski definition) is 2. The lowest BCUT2D eigenvalue weighted by Gasteiger charge is -2.36. The van der Waals surface area contributed by atoms with Crippen molar-refractivity contribution in [2.24, 2.45) is 0 Å². The normalized spacial score (nSPS) is 14.5. The highest BCUT2D eigenvalue weighted by atomic mass is 32.2. The van der Waals surface area contributed by atoms with Crippen molar-refractivity contribution < 1.29 is 13.2 Å². The topological polar surface area (TPSA) is 132 Å². The average molecular weight is 630 g/mol. The quantitative estimate of drug-likeness (QED) is 0.222. The zero-order valence-corrected chi connectivity index (χ0v) is 26.5. The van der Waals surface area contributed by atoms with E-state index >= 15 is 0 Å². The van der Waals surface area contributed by atoms with Crippen molar-refractivity contribution in [1.82, 2.24) is 34.9 Å². The number of sulfone groups is 1. The Labute approximate surface area is 254 Å². The summed E-state index contributed by atoms with van der Waals surface area (Å²) in [5, 5.41) is 13.4. The second-order valence-electron chi connectivity index (χ2n) is 10.2. The van der Waals surface area contributed by atoms with Crippen molar-refractivity contribution in [3.05, 3.63) is 52.6 Å². The van der Waals surface area contributed by atoms with Gasteiger partial charge in [-0.1, -0.05) is 0 Å². The maximum absolute atomic E-state index is 12.9. The SMILES string of the molecule is COc1c(Nc2cc(C)[nH]n2)nc(Sc2ccc(S(=O)(=O)Cc3nccs3)cc2)nc1N1CCN(CCN(C)C)CC1. The Morgan fingerprint density at radius 3 is 2.52 bits per heavy atom. The molecule has 1 aliphatic heterocycles. The van der Waals surface area contributed by atoms with Gasteiger partial charge in [0.25, 0.3) is 0 Å². The zero-order chi connectivity index (χ0) is 29.7. The molecule has 0 spiro atoms. The van der Waals surface area contributed by atoms with Crippen LogP contribution in [0, 0.1) is 6.92 Å². The van der Waals surface area contributed by atoms with Crippen LogP contribution >= 0.6 is 23.1 Å². The highest BCUT2D eigenvalue weighted by Gasteiger charge is 2.25. The van der Waals surface area contributed by atoms with Gasteiger partial charge in [-0.2, -0.15) is 5.10 Å². The molecule has 2 N–H and O–H groups in total. The molecule has 1 fully saturated rings. The van der Waals surface area contributed by atoms with Crippen LogP contribution in [0.15, 0.2) is 56.9 Å². The number of methoxy groups -OCH3 is 1. The first kappa shape index (κ1) is 30.2. The summed E-state index contributed by atoms with van der Waals surface area (Å²) in [4.78, 5) is 21.8. The largest absolute Gasteiger partial charge is 0.490 e. The third kappa shape index (κ3) is 7.58. The molecule has 5 rings (SSSR count). The van der Waals surface area contributed by atoms with E-state index in [1.807, 2.05) is 13.0 Å². The van der Waals surface area contributed by atoms with Crippen LogP contribution in [0.5, 0.6) is 5.75 Å². The molecule has 1 saturated heterocycles. The Kier molecular flexibility index (Phi) is 9.63. The van der Waals surface area contributed by atoms with Crippen molar-refractivity contribution in [1.29, 1.82) is 0 Å². The summed E-state index contributed by atoms with van der Waals surface area (Å²) in [5.41, 5.74) is 0.916. The molecule has 42 heavy (non-hydrogen) atoms. The monoisotopic (exact) mass is 629 g/mol. The molecule has 0 unspecified atom stereocenters. The number of anilines is 3. The molecule has 0 bridgehead atoms. The molecule has 0 amide bonds. The van der Waals surface area contributed by atoms with E-state index in [0.717, 1.165) is 49.9 Å². The van der Waals surface area contributed by atoms with Crippen LogP contribution < -0.4 is 15.0 Å². The van der Waals surface area contributed by atoms with E-state index in [1.54, 1.807) is 43.0 Å². The van der Waals surface area contributed by atoms with Crippen molar-refractivity contribution in [2.45, 2.75) is 27.6 Å². The molecule has 0 aliphatic carbocycles. The molecule has 0 atom stereocenters. The fraction of sp³-hybridized carbons (Fsp3) is 0.407. The maximum Gasteiger partial charge on any atom is 0.204 e. The Balaban J connectivity index is 1.39. The number of benzene rings is 1. The summed E-state index contributed by atoms with van der Waals surface area (Å²) in [6, 6.07) is 8.69. The van der Waals surface area contributed by atoms with Crippen LogP contribution in [0.2, 0.25) is 0 Å². The third-order valence-corrected chi connectivity index (χ3v) is 10.2. The second kappa shape index (κ2) is 13.4. The summed E-state index contributed by atoms with van der Waals surface area (Å²) >= 11 is 2.69. The van der Waals surface area contributed by atoms with Gasteiger partial charge in [0.2, 0.25) is 5.75 Å². The summed E-state index contributed by atoms with van der Waals surface area (Å²) in [6.45, 7) is 7.40. The second-order valence-corrected chi connectivity index (χ2v) is 14.2. The van der Waals surface area contributed by atoms with Gasteiger partial charge in [0.1, 0.15) is 10.8 Å².